The summed E-state index contributed by atoms with van der Waals surface area (Å²) in [4.78, 5) is 14.8. The van der Waals surface area contributed by atoms with Crippen LogP contribution in [0.15, 0.2) is 54.6 Å². The van der Waals surface area contributed by atoms with Crippen LogP contribution < -0.4 is 15.0 Å². The minimum Gasteiger partial charge on any atom is -0.478 e. The fourth-order valence-electron chi connectivity index (χ4n) is 2.69. The van der Waals surface area contributed by atoms with E-state index in [0.717, 1.165) is 37.7 Å². The Kier molecular flexibility index (Phi) is 5.24. The average molecular weight is 340 g/mol. The lowest BCUT2D eigenvalue weighted by molar-refractivity contribution is -0.128. The van der Waals surface area contributed by atoms with Crippen molar-refractivity contribution < 1.29 is 14.3 Å². The number of anilines is 2. The number of nitrogens with zero attached hydrogens (tertiary/aromatic N) is 1. The van der Waals surface area contributed by atoms with Crippen molar-refractivity contribution >= 4 is 17.3 Å². The highest BCUT2D eigenvalue weighted by molar-refractivity contribution is 5.97. The van der Waals surface area contributed by atoms with Crippen LogP contribution in [0.25, 0.3) is 0 Å². The Labute approximate surface area is 148 Å². The second-order valence-corrected chi connectivity index (χ2v) is 6.53. The summed E-state index contributed by atoms with van der Waals surface area (Å²) in [5.74, 6) is 0.487. The van der Waals surface area contributed by atoms with Gasteiger partial charge in [0.15, 0.2) is 5.60 Å². The van der Waals surface area contributed by atoms with Crippen LogP contribution in [-0.2, 0) is 9.53 Å². The number of nitrogens with one attached hydrogen (secondary N) is 1. The van der Waals surface area contributed by atoms with Gasteiger partial charge in [-0.2, -0.15) is 0 Å². The van der Waals surface area contributed by atoms with E-state index in [-0.39, 0.29) is 5.91 Å². The summed E-state index contributed by atoms with van der Waals surface area (Å²) in [6, 6.07) is 17.2. The van der Waals surface area contributed by atoms with E-state index in [0.29, 0.717) is 5.75 Å². The highest BCUT2D eigenvalue weighted by Gasteiger charge is 2.30. The summed E-state index contributed by atoms with van der Waals surface area (Å²) < 4.78 is 11.2. The molecule has 5 heteroatoms. The fraction of sp³-hybridized carbons (Fsp3) is 0.350. The molecular formula is C20H24N2O3. The third-order valence-corrected chi connectivity index (χ3v) is 4.16. The number of hydrogen-bond acceptors (Lipinski definition) is 4. The first-order valence-electron chi connectivity index (χ1n) is 8.53. The van der Waals surface area contributed by atoms with Crippen LogP contribution in [0.2, 0.25) is 0 Å². The number of amides is 1. The van der Waals surface area contributed by atoms with Gasteiger partial charge in [-0.25, -0.2) is 0 Å². The van der Waals surface area contributed by atoms with E-state index in [9.17, 15) is 4.79 Å². The smallest absolute Gasteiger partial charge is 0.267 e. The Morgan fingerprint density at radius 1 is 1.04 bits per heavy atom. The highest BCUT2D eigenvalue weighted by atomic mass is 16.5. The molecule has 1 saturated heterocycles. The molecule has 2 aromatic rings. The molecule has 1 aliphatic rings. The van der Waals surface area contributed by atoms with Crippen LogP contribution >= 0.6 is 0 Å². The summed E-state index contributed by atoms with van der Waals surface area (Å²) in [5.41, 5.74) is 0.928. The fourth-order valence-corrected chi connectivity index (χ4v) is 2.69. The standard InChI is InChI=1S/C20H24N2O3/c1-20(2,25-18-6-4-3-5-7-18)19(23)21-16-8-10-17(11-9-16)22-12-14-24-15-13-22/h3-11H,12-15H2,1-2H3,(H,21,23). The second kappa shape index (κ2) is 7.57. The lowest BCUT2D eigenvalue weighted by atomic mass is 10.1. The van der Waals surface area contributed by atoms with Crippen molar-refractivity contribution in [1.29, 1.82) is 0 Å². The molecule has 0 radical (unpaired) electrons. The van der Waals surface area contributed by atoms with Crippen molar-refractivity contribution in [1.82, 2.24) is 0 Å². The second-order valence-electron chi connectivity index (χ2n) is 6.53. The van der Waals surface area contributed by atoms with Gasteiger partial charge < -0.3 is 19.7 Å². The molecule has 25 heavy (non-hydrogen) atoms. The van der Waals surface area contributed by atoms with Crippen LogP contribution in [-0.4, -0.2) is 37.8 Å². The van der Waals surface area contributed by atoms with Gasteiger partial charge in [-0.05, 0) is 50.2 Å². The molecule has 0 spiro atoms. The Balaban J connectivity index is 1.61. The molecule has 0 saturated carbocycles. The first-order valence-corrected chi connectivity index (χ1v) is 8.53. The maximum atomic E-state index is 12.6. The van der Waals surface area contributed by atoms with E-state index in [2.05, 4.69) is 10.2 Å². The first kappa shape index (κ1) is 17.3. The van der Waals surface area contributed by atoms with Crippen LogP contribution in [0.4, 0.5) is 11.4 Å². The molecular weight excluding hydrogens is 316 g/mol. The van der Waals surface area contributed by atoms with E-state index in [1.807, 2.05) is 54.6 Å². The van der Waals surface area contributed by atoms with Crippen molar-refractivity contribution in [3.05, 3.63) is 54.6 Å². The van der Waals surface area contributed by atoms with Gasteiger partial charge in [0.2, 0.25) is 0 Å². The molecule has 0 unspecified atom stereocenters. The van der Waals surface area contributed by atoms with Crippen molar-refractivity contribution in [2.45, 2.75) is 19.4 Å². The molecule has 0 atom stereocenters. The predicted octanol–water partition coefficient (Wildman–Crippen LogP) is 3.32. The largest absolute Gasteiger partial charge is 0.478 e. The van der Waals surface area contributed by atoms with Gasteiger partial charge in [0.1, 0.15) is 5.75 Å². The summed E-state index contributed by atoms with van der Waals surface area (Å²) in [5, 5.41) is 2.93. The summed E-state index contributed by atoms with van der Waals surface area (Å²) in [6.07, 6.45) is 0. The van der Waals surface area contributed by atoms with Gasteiger partial charge in [-0.1, -0.05) is 18.2 Å². The van der Waals surface area contributed by atoms with E-state index < -0.39 is 5.60 Å². The molecule has 1 fully saturated rings. The zero-order valence-corrected chi connectivity index (χ0v) is 14.7. The lowest BCUT2D eigenvalue weighted by Crippen LogP contribution is -2.42. The van der Waals surface area contributed by atoms with Gasteiger partial charge in [0.25, 0.3) is 5.91 Å². The van der Waals surface area contributed by atoms with Gasteiger partial charge in [0, 0.05) is 24.5 Å². The predicted molar refractivity (Wildman–Crippen MR) is 99.3 cm³/mol. The minimum atomic E-state index is -0.968. The highest BCUT2D eigenvalue weighted by Crippen LogP contribution is 2.22. The van der Waals surface area contributed by atoms with Gasteiger partial charge in [-0.15, -0.1) is 0 Å². The zero-order chi connectivity index (χ0) is 17.7. The summed E-state index contributed by atoms with van der Waals surface area (Å²) >= 11 is 0. The summed E-state index contributed by atoms with van der Waals surface area (Å²) in [6.45, 7) is 6.81. The monoisotopic (exact) mass is 340 g/mol. The Morgan fingerprint density at radius 3 is 2.32 bits per heavy atom. The van der Waals surface area contributed by atoms with Gasteiger partial charge >= 0.3 is 0 Å². The number of morpholine rings is 1. The number of rotatable bonds is 5. The van der Waals surface area contributed by atoms with Crippen molar-refractivity contribution in [3.8, 4) is 5.75 Å². The molecule has 1 N–H and O–H groups in total. The Morgan fingerprint density at radius 2 is 1.68 bits per heavy atom. The molecule has 1 aliphatic heterocycles. The maximum absolute atomic E-state index is 12.6. The Bertz CT molecular complexity index is 693. The van der Waals surface area contributed by atoms with Crippen LogP contribution in [0, 0.1) is 0 Å². The zero-order valence-electron chi connectivity index (χ0n) is 14.7. The van der Waals surface area contributed by atoms with E-state index >= 15 is 0 Å². The SMILES string of the molecule is CC(C)(Oc1ccccc1)C(=O)Nc1ccc(N2CCOCC2)cc1. The number of carbonyl (C=O) groups excluding carboxylic acids is 1. The minimum absolute atomic E-state index is 0.185. The molecule has 132 valence electrons. The van der Waals surface area contributed by atoms with Gasteiger partial charge in [0.05, 0.1) is 13.2 Å². The Hall–Kier alpha value is -2.53. The quantitative estimate of drug-likeness (QED) is 0.907. The van der Waals surface area contributed by atoms with E-state index in [1.54, 1.807) is 13.8 Å². The van der Waals surface area contributed by atoms with E-state index in [4.69, 9.17) is 9.47 Å². The van der Waals surface area contributed by atoms with Crippen molar-refractivity contribution in [3.63, 3.8) is 0 Å². The van der Waals surface area contributed by atoms with Gasteiger partial charge in [-0.3, -0.25) is 4.79 Å². The van der Waals surface area contributed by atoms with E-state index in [1.165, 1.54) is 0 Å². The average Bonchev–Trinajstić information content (AvgIpc) is 2.63. The number of ether oxygens (including phenoxy) is 2. The number of benzene rings is 2. The molecule has 3 rings (SSSR count). The van der Waals surface area contributed by atoms with Crippen LogP contribution in [0.1, 0.15) is 13.8 Å². The van der Waals surface area contributed by atoms with Crippen molar-refractivity contribution in [2.24, 2.45) is 0 Å². The number of carbonyl (C=O) groups is 1. The summed E-state index contributed by atoms with van der Waals surface area (Å²) in [7, 11) is 0. The maximum Gasteiger partial charge on any atom is 0.267 e. The third kappa shape index (κ3) is 4.51. The van der Waals surface area contributed by atoms with Crippen LogP contribution in [0.3, 0.4) is 0 Å². The molecule has 0 bridgehead atoms. The molecule has 5 nitrogen and oxygen atoms in total. The molecule has 1 amide bonds. The molecule has 0 aliphatic carbocycles. The third-order valence-electron chi connectivity index (χ3n) is 4.16. The topological polar surface area (TPSA) is 50.8 Å². The number of para-hydroxylation sites is 1. The molecule has 1 heterocycles. The lowest BCUT2D eigenvalue weighted by Gasteiger charge is -2.29. The van der Waals surface area contributed by atoms with Crippen molar-refractivity contribution in [2.75, 3.05) is 36.5 Å². The molecule has 0 aromatic heterocycles. The molecule has 2 aromatic carbocycles. The first-order chi connectivity index (χ1) is 12.0. The van der Waals surface area contributed by atoms with Crippen LogP contribution in [0.5, 0.6) is 5.75 Å². The number of hydrogen-bond donors (Lipinski definition) is 1. The normalized spacial score (nSPS) is 14.9.